The van der Waals surface area contributed by atoms with Crippen LogP contribution in [0, 0.1) is 5.82 Å². The first kappa shape index (κ1) is 27.4. The fourth-order valence-electron chi connectivity index (χ4n) is 3.41. The van der Waals surface area contributed by atoms with Crippen LogP contribution in [0.5, 0.6) is 5.75 Å². The third-order valence-electron chi connectivity index (χ3n) is 5.21. The van der Waals surface area contributed by atoms with Crippen molar-refractivity contribution in [2.24, 2.45) is 0 Å². The number of halogens is 2. The number of anilines is 1. The van der Waals surface area contributed by atoms with Gasteiger partial charge >= 0.3 is 5.97 Å². The highest BCUT2D eigenvalue weighted by atomic mass is 35.5. The zero-order valence-electron chi connectivity index (χ0n) is 20.1. The summed E-state index contributed by atoms with van der Waals surface area (Å²) >= 11 is 8.28. The Bertz CT molecular complexity index is 1440. The minimum absolute atomic E-state index is 0.0116. The number of thioether (sulfide) groups is 1. The van der Waals surface area contributed by atoms with E-state index in [0.29, 0.717) is 44.4 Å². The van der Waals surface area contributed by atoms with Crippen molar-refractivity contribution in [2.45, 2.75) is 18.3 Å². The highest BCUT2D eigenvalue weighted by molar-refractivity contribution is 7.99. The number of amides is 1. The topological polar surface area (TPSA) is 95.3 Å². The van der Waals surface area contributed by atoms with E-state index < -0.39 is 11.8 Å². The lowest BCUT2D eigenvalue weighted by molar-refractivity contribution is -0.113. The molecule has 38 heavy (non-hydrogen) atoms. The predicted molar refractivity (Wildman–Crippen MR) is 146 cm³/mol. The van der Waals surface area contributed by atoms with E-state index in [9.17, 15) is 14.0 Å². The number of benzene rings is 2. The van der Waals surface area contributed by atoms with E-state index in [1.807, 2.05) is 0 Å². The fraction of sp³-hybridized carbons (Fsp3) is 0.154. The van der Waals surface area contributed by atoms with E-state index >= 15 is 0 Å². The molecule has 0 bridgehead atoms. The first-order valence-corrected chi connectivity index (χ1v) is 13.4. The van der Waals surface area contributed by atoms with Gasteiger partial charge in [0.05, 0.1) is 12.9 Å². The van der Waals surface area contributed by atoms with Crippen LogP contribution >= 0.6 is 34.7 Å². The number of ether oxygens (including phenoxy) is 2. The molecule has 1 amide bonds. The Kier molecular flexibility index (Phi) is 9.16. The molecule has 1 N–H and O–H groups in total. The smallest absolute Gasteiger partial charge is 0.341 e. The van der Waals surface area contributed by atoms with Gasteiger partial charge in [0, 0.05) is 22.5 Å². The molecule has 2 aromatic carbocycles. The van der Waals surface area contributed by atoms with Gasteiger partial charge in [-0.1, -0.05) is 41.6 Å². The molecule has 0 atom stereocenters. The SMILES string of the molecule is C=CCn1c(COc2ccc(Cl)cc2)nnc1SCC(=O)Nc1scc(-c2ccc(F)cc2)c1C(=O)OC. The molecule has 0 aliphatic heterocycles. The lowest BCUT2D eigenvalue weighted by Crippen LogP contribution is -2.16. The van der Waals surface area contributed by atoms with Crippen LogP contribution in [0.1, 0.15) is 16.2 Å². The number of methoxy groups -OCH3 is 1. The van der Waals surface area contributed by atoms with Crippen molar-refractivity contribution in [3.63, 3.8) is 0 Å². The van der Waals surface area contributed by atoms with Crippen LogP contribution in [0.25, 0.3) is 11.1 Å². The molecule has 2 aromatic heterocycles. The molecular formula is C26H22ClFN4O4S2. The van der Waals surface area contributed by atoms with Gasteiger partial charge in [0.1, 0.15) is 28.7 Å². The molecule has 0 spiro atoms. The normalized spacial score (nSPS) is 10.7. The summed E-state index contributed by atoms with van der Waals surface area (Å²) in [5.74, 6) is -0.133. The summed E-state index contributed by atoms with van der Waals surface area (Å²) in [7, 11) is 1.26. The maximum atomic E-state index is 13.4. The molecule has 8 nitrogen and oxygen atoms in total. The Morgan fingerprint density at radius 2 is 1.92 bits per heavy atom. The van der Waals surface area contributed by atoms with E-state index in [0.717, 1.165) is 0 Å². The van der Waals surface area contributed by atoms with Crippen molar-refractivity contribution in [1.82, 2.24) is 14.8 Å². The number of nitrogens with zero attached hydrogens (tertiary/aromatic N) is 3. The number of aromatic nitrogens is 3. The first-order valence-electron chi connectivity index (χ1n) is 11.2. The lowest BCUT2D eigenvalue weighted by Gasteiger charge is -2.10. The van der Waals surface area contributed by atoms with Gasteiger partial charge < -0.3 is 14.8 Å². The number of hydrogen-bond acceptors (Lipinski definition) is 8. The highest BCUT2D eigenvalue weighted by Crippen LogP contribution is 2.36. The molecule has 0 fully saturated rings. The molecule has 0 aliphatic rings. The van der Waals surface area contributed by atoms with E-state index in [-0.39, 0.29) is 23.8 Å². The number of nitrogens with one attached hydrogen (secondary N) is 1. The minimum atomic E-state index is -0.607. The summed E-state index contributed by atoms with van der Waals surface area (Å²) in [6, 6.07) is 12.7. The second-order valence-corrected chi connectivity index (χ2v) is 9.99. The van der Waals surface area contributed by atoms with E-state index in [1.54, 1.807) is 52.4 Å². The van der Waals surface area contributed by atoms with Crippen LogP contribution < -0.4 is 10.1 Å². The molecule has 0 radical (unpaired) electrons. The summed E-state index contributed by atoms with van der Waals surface area (Å²) in [4.78, 5) is 25.3. The van der Waals surface area contributed by atoms with Crippen LogP contribution in [0.2, 0.25) is 5.02 Å². The largest absolute Gasteiger partial charge is 0.486 e. The number of hydrogen-bond donors (Lipinski definition) is 1. The van der Waals surface area contributed by atoms with Gasteiger partial charge in [0.25, 0.3) is 0 Å². The second-order valence-electron chi connectivity index (χ2n) is 7.73. The maximum absolute atomic E-state index is 13.4. The van der Waals surface area contributed by atoms with Gasteiger partial charge in [-0.25, -0.2) is 9.18 Å². The van der Waals surface area contributed by atoms with Crippen LogP contribution in [-0.4, -0.2) is 39.5 Å². The van der Waals surface area contributed by atoms with Gasteiger partial charge in [-0.3, -0.25) is 9.36 Å². The van der Waals surface area contributed by atoms with Crippen molar-refractivity contribution >= 4 is 51.6 Å². The summed E-state index contributed by atoms with van der Waals surface area (Å²) < 4.78 is 25.9. The third-order valence-corrected chi connectivity index (χ3v) is 7.32. The van der Waals surface area contributed by atoms with Crippen molar-refractivity contribution in [3.05, 3.63) is 88.8 Å². The summed E-state index contributed by atoms with van der Waals surface area (Å²) in [6.45, 7) is 4.37. The average Bonchev–Trinajstić information content (AvgIpc) is 3.51. The van der Waals surface area contributed by atoms with Crippen molar-refractivity contribution < 1.29 is 23.5 Å². The molecule has 2 heterocycles. The van der Waals surface area contributed by atoms with Crippen LogP contribution in [0.3, 0.4) is 0 Å². The average molecular weight is 573 g/mol. The lowest BCUT2D eigenvalue weighted by atomic mass is 10.0. The van der Waals surface area contributed by atoms with E-state index in [4.69, 9.17) is 21.1 Å². The molecular weight excluding hydrogens is 551 g/mol. The molecule has 0 saturated heterocycles. The van der Waals surface area contributed by atoms with Gasteiger partial charge in [-0.15, -0.1) is 28.1 Å². The monoisotopic (exact) mass is 572 g/mol. The second kappa shape index (κ2) is 12.7. The van der Waals surface area contributed by atoms with Crippen LogP contribution in [-0.2, 0) is 22.7 Å². The van der Waals surface area contributed by atoms with Crippen molar-refractivity contribution in [3.8, 4) is 16.9 Å². The molecule has 0 unspecified atom stereocenters. The molecule has 4 aromatic rings. The molecule has 0 aliphatic carbocycles. The standard InChI is InChI=1S/C26H22ClFN4O4S2/c1-3-12-32-21(13-36-19-10-6-17(27)7-11-19)30-31-26(32)38-15-22(33)29-24-23(25(34)35-2)20(14-37-24)16-4-8-18(28)9-5-16/h3-11,14H,1,12-13,15H2,2H3,(H,29,33). The van der Waals surface area contributed by atoms with Gasteiger partial charge in [-0.05, 0) is 42.0 Å². The Morgan fingerprint density at radius 1 is 1.18 bits per heavy atom. The Labute approximate surface area is 231 Å². The number of allylic oxidation sites excluding steroid dienone is 1. The Morgan fingerprint density at radius 3 is 2.61 bits per heavy atom. The Balaban J connectivity index is 1.44. The first-order chi connectivity index (χ1) is 18.4. The molecule has 0 saturated carbocycles. The maximum Gasteiger partial charge on any atom is 0.341 e. The van der Waals surface area contributed by atoms with Gasteiger partial charge in [0.2, 0.25) is 5.91 Å². The van der Waals surface area contributed by atoms with E-state index in [1.165, 1.54) is 42.3 Å². The summed E-state index contributed by atoms with van der Waals surface area (Å²) in [6.07, 6.45) is 1.70. The minimum Gasteiger partial charge on any atom is -0.486 e. The number of thiophene rings is 1. The number of carbonyl (C=O) groups excluding carboxylic acids is 2. The predicted octanol–water partition coefficient (Wildman–Crippen LogP) is 6.08. The van der Waals surface area contributed by atoms with Crippen molar-refractivity contribution in [2.75, 3.05) is 18.2 Å². The highest BCUT2D eigenvalue weighted by Gasteiger charge is 2.23. The number of carbonyl (C=O) groups is 2. The van der Waals surface area contributed by atoms with Crippen LogP contribution in [0.4, 0.5) is 9.39 Å². The number of rotatable bonds is 11. The van der Waals surface area contributed by atoms with E-state index in [2.05, 4.69) is 22.1 Å². The zero-order valence-corrected chi connectivity index (χ0v) is 22.5. The third kappa shape index (κ3) is 6.60. The quantitative estimate of drug-likeness (QED) is 0.132. The fourth-order valence-corrected chi connectivity index (χ4v) is 5.28. The zero-order chi connectivity index (χ0) is 27.1. The van der Waals surface area contributed by atoms with Gasteiger partial charge in [-0.2, -0.15) is 0 Å². The molecule has 196 valence electrons. The summed E-state index contributed by atoms with van der Waals surface area (Å²) in [5.41, 5.74) is 1.38. The van der Waals surface area contributed by atoms with Crippen LogP contribution in [0.15, 0.2) is 71.7 Å². The molecule has 4 rings (SSSR count). The Hall–Kier alpha value is -3.67. The van der Waals surface area contributed by atoms with Gasteiger partial charge in [0.15, 0.2) is 11.0 Å². The number of esters is 1. The van der Waals surface area contributed by atoms with Crippen molar-refractivity contribution in [1.29, 1.82) is 0 Å². The molecule has 12 heteroatoms. The summed E-state index contributed by atoms with van der Waals surface area (Å²) in [5, 5.41) is 14.4.